The summed E-state index contributed by atoms with van der Waals surface area (Å²) in [5.74, 6) is -3.61. The lowest BCUT2D eigenvalue weighted by Crippen LogP contribution is -2.36. The Hall–Kier alpha value is -4.17. The van der Waals surface area contributed by atoms with Crippen molar-refractivity contribution in [2.75, 3.05) is 37.4 Å². The number of carboxylic acids is 1. The van der Waals surface area contributed by atoms with Gasteiger partial charge in [-0.2, -0.15) is 13.2 Å². The molecule has 5 rings (SSSR count). The van der Waals surface area contributed by atoms with Crippen LogP contribution >= 0.6 is 0 Å². The smallest absolute Gasteiger partial charge is 0.475 e. The number of nitrogens with one attached hydrogen (secondary N) is 1. The first-order valence-electron chi connectivity index (χ1n) is 13.0. The minimum atomic E-state index is -5.08. The predicted molar refractivity (Wildman–Crippen MR) is 141 cm³/mol. The molecule has 0 unspecified atom stereocenters. The van der Waals surface area contributed by atoms with Gasteiger partial charge in [0.2, 0.25) is 0 Å². The Bertz CT molecular complexity index is 1460. The third kappa shape index (κ3) is 7.36. The fraction of sp³-hybridized carbons (Fsp3) is 0.444. The molecule has 3 aromatic rings. The van der Waals surface area contributed by atoms with Crippen molar-refractivity contribution in [2.24, 2.45) is 5.92 Å². The van der Waals surface area contributed by atoms with E-state index in [1.54, 1.807) is 26.4 Å². The van der Waals surface area contributed by atoms with E-state index in [4.69, 9.17) is 19.9 Å². The summed E-state index contributed by atoms with van der Waals surface area (Å²) in [5.41, 5.74) is 1.34. The van der Waals surface area contributed by atoms with Crippen molar-refractivity contribution in [1.29, 1.82) is 0 Å². The molecule has 226 valence electrons. The lowest BCUT2D eigenvalue weighted by atomic mass is 9.88. The van der Waals surface area contributed by atoms with Gasteiger partial charge < -0.3 is 20.2 Å². The van der Waals surface area contributed by atoms with Gasteiger partial charge in [-0.25, -0.2) is 32.9 Å². The molecule has 3 heterocycles. The number of alkyl halides is 4. The fourth-order valence-electron chi connectivity index (χ4n) is 4.42. The topological polar surface area (TPSA) is 112 Å². The summed E-state index contributed by atoms with van der Waals surface area (Å²) in [6, 6.07) is 4.98. The normalized spacial score (nSPS) is 16.4. The van der Waals surface area contributed by atoms with Gasteiger partial charge >= 0.3 is 12.1 Å². The first kappa shape index (κ1) is 30.8. The Labute approximate surface area is 236 Å². The van der Waals surface area contributed by atoms with Crippen molar-refractivity contribution in [3.05, 3.63) is 53.4 Å². The number of piperidine rings is 1. The van der Waals surface area contributed by atoms with Crippen LogP contribution in [0.3, 0.4) is 0 Å². The molecule has 0 radical (unpaired) electrons. The maximum Gasteiger partial charge on any atom is 0.490 e. The van der Waals surface area contributed by atoms with E-state index in [2.05, 4.69) is 15.2 Å². The average molecular weight is 599 g/mol. The highest BCUT2D eigenvalue weighted by atomic mass is 19.4. The lowest BCUT2D eigenvalue weighted by Gasteiger charge is -2.35. The molecule has 2 aliphatic rings. The SMILES string of the molecule is CN(C)C(=O)c1cc2nc(NC3CC3)c(N3CCC([C@H](F)c4ccc(F)cc4F)CC3)nc2cn1.O=C(O)C(F)(F)F. The highest BCUT2D eigenvalue weighted by Crippen LogP contribution is 2.38. The largest absolute Gasteiger partial charge is 0.490 e. The van der Waals surface area contributed by atoms with Gasteiger partial charge in [0, 0.05) is 44.9 Å². The van der Waals surface area contributed by atoms with Gasteiger partial charge in [0.25, 0.3) is 5.91 Å². The number of aliphatic carboxylic acids is 1. The molecular weight excluding hydrogens is 570 g/mol. The molecule has 2 N–H and O–H groups in total. The zero-order valence-electron chi connectivity index (χ0n) is 22.6. The van der Waals surface area contributed by atoms with E-state index in [1.807, 2.05) is 0 Å². The standard InChI is InChI=1S/C25H27F3N6O.C2HF3O2/c1-33(2)25(35)20-12-19-21(13-29-20)32-24(23(31-19)30-16-4-5-16)34-9-7-14(8-10-34)22(28)17-6-3-15(26)11-18(17)27;3-2(4,5)1(6)7/h3,6,11-14,16,22H,4-5,7-10H2,1-2H3,(H,30,31);(H,6,7)/t22-;/m0./s1. The van der Waals surface area contributed by atoms with Gasteiger partial charge in [0.05, 0.1) is 11.7 Å². The molecule has 1 aliphatic carbocycles. The minimum Gasteiger partial charge on any atom is -0.475 e. The predicted octanol–water partition coefficient (Wildman–Crippen LogP) is 5.14. The molecule has 1 aromatic carbocycles. The number of amides is 1. The zero-order valence-corrected chi connectivity index (χ0v) is 22.6. The van der Waals surface area contributed by atoms with Crippen LogP contribution in [-0.2, 0) is 4.79 Å². The number of carbonyl (C=O) groups is 2. The number of pyridine rings is 1. The van der Waals surface area contributed by atoms with E-state index < -0.39 is 30.0 Å². The van der Waals surface area contributed by atoms with E-state index in [1.165, 1.54) is 11.0 Å². The molecule has 1 amide bonds. The van der Waals surface area contributed by atoms with E-state index >= 15 is 4.39 Å². The molecule has 0 bridgehead atoms. The highest BCUT2D eigenvalue weighted by Gasteiger charge is 2.38. The summed E-state index contributed by atoms with van der Waals surface area (Å²) in [6.45, 7) is 1.05. The third-order valence-electron chi connectivity index (χ3n) is 6.83. The van der Waals surface area contributed by atoms with Crippen LogP contribution in [0, 0.1) is 17.6 Å². The van der Waals surface area contributed by atoms with E-state index in [0.29, 0.717) is 60.3 Å². The van der Waals surface area contributed by atoms with Gasteiger partial charge in [0.15, 0.2) is 11.6 Å². The molecule has 9 nitrogen and oxygen atoms in total. The summed E-state index contributed by atoms with van der Waals surface area (Å²) in [6.07, 6.45) is -1.94. The molecule has 2 fully saturated rings. The van der Waals surface area contributed by atoms with Gasteiger partial charge in [0.1, 0.15) is 29.0 Å². The Morgan fingerprint density at radius 3 is 2.24 bits per heavy atom. The molecule has 0 spiro atoms. The monoisotopic (exact) mass is 598 g/mol. The van der Waals surface area contributed by atoms with Crippen LogP contribution < -0.4 is 10.2 Å². The summed E-state index contributed by atoms with van der Waals surface area (Å²) in [5, 5.41) is 10.6. The number of rotatable bonds is 6. The van der Waals surface area contributed by atoms with Crippen LogP contribution in [0.5, 0.6) is 0 Å². The van der Waals surface area contributed by atoms with Crippen LogP contribution in [0.25, 0.3) is 11.0 Å². The Kier molecular flexibility index (Phi) is 9.06. The Morgan fingerprint density at radius 2 is 1.69 bits per heavy atom. The number of nitrogens with zero attached hydrogens (tertiary/aromatic N) is 5. The number of carboxylic acid groups (broad SMARTS) is 1. The van der Waals surface area contributed by atoms with Crippen molar-refractivity contribution in [3.8, 4) is 0 Å². The van der Waals surface area contributed by atoms with Crippen molar-refractivity contribution in [2.45, 2.75) is 44.1 Å². The molecule has 1 saturated heterocycles. The number of benzene rings is 1. The summed E-state index contributed by atoms with van der Waals surface area (Å²) in [7, 11) is 3.33. The molecule has 2 aromatic heterocycles. The van der Waals surface area contributed by atoms with Crippen molar-refractivity contribution in [1.82, 2.24) is 19.9 Å². The number of halogens is 6. The van der Waals surface area contributed by atoms with Crippen molar-refractivity contribution >= 4 is 34.5 Å². The number of aromatic nitrogens is 3. The zero-order chi connectivity index (χ0) is 30.8. The van der Waals surface area contributed by atoms with Gasteiger partial charge in [-0.15, -0.1) is 0 Å². The maximum absolute atomic E-state index is 15.1. The molecule has 1 atom stereocenters. The molecule has 1 saturated carbocycles. The first-order chi connectivity index (χ1) is 19.7. The highest BCUT2D eigenvalue weighted by molar-refractivity contribution is 5.95. The average Bonchev–Trinajstić information content (AvgIpc) is 3.75. The summed E-state index contributed by atoms with van der Waals surface area (Å²) < 4.78 is 74.2. The minimum absolute atomic E-state index is 0.0967. The molecular formula is C27H28F6N6O3. The van der Waals surface area contributed by atoms with Crippen molar-refractivity contribution < 1.29 is 41.0 Å². The number of carbonyl (C=O) groups excluding carboxylic acids is 1. The van der Waals surface area contributed by atoms with Gasteiger partial charge in [-0.05, 0) is 43.7 Å². The van der Waals surface area contributed by atoms with Crippen LogP contribution in [0.15, 0.2) is 30.5 Å². The second-order valence-electron chi connectivity index (χ2n) is 10.3. The molecule has 15 heteroatoms. The quantitative estimate of drug-likeness (QED) is 0.376. The van der Waals surface area contributed by atoms with Crippen LogP contribution in [0.2, 0.25) is 0 Å². The van der Waals surface area contributed by atoms with E-state index in [-0.39, 0.29) is 17.4 Å². The molecule has 1 aliphatic heterocycles. The second kappa shape index (κ2) is 12.4. The first-order valence-corrected chi connectivity index (χ1v) is 13.0. The Morgan fingerprint density at radius 1 is 1.05 bits per heavy atom. The molecule has 42 heavy (non-hydrogen) atoms. The van der Waals surface area contributed by atoms with Gasteiger partial charge in [-0.1, -0.05) is 6.07 Å². The van der Waals surface area contributed by atoms with Crippen LogP contribution in [-0.4, -0.2) is 76.2 Å². The van der Waals surface area contributed by atoms with E-state index in [0.717, 1.165) is 25.0 Å². The van der Waals surface area contributed by atoms with E-state index in [9.17, 15) is 26.7 Å². The Balaban J connectivity index is 0.000000517. The number of hydrogen-bond donors (Lipinski definition) is 2. The third-order valence-corrected chi connectivity index (χ3v) is 6.83. The fourth-order valence-corrected chi connectivity index (χ4v) is 4.42. The lowest BCUT2D eigenvalue weighted by molar-refractivity contribution is -0.192. The van der Waals surface area contributed by atoms with Crippen molar-refractivity contribution in [3.63, 3.8) is 0 Å². The number of fused-ring (bicyclic) bond motifs is 1. The summed E-state index contributed by atoms with van der Waals surface area (Å²) in [4.78, 5) is 38.5. The maximum atomic E-state index is 15.1. The summed E-state index contributed by atoms with van der Waals surface area (Å²) >= 11 is 0. The number of anilines is 2. The van der Waals surface area contributed by atoms with Gasteiger partial charge in [-0.3, -0.25) is 4.79 Å². The van der Waals surface area contributed by atoms with Crippen LogP contribution in [0.4, 0.5) is 38.0 Å². The number of hydrogen-bond acceptors (Lipinski definition) is 7. The second-order valence-corrected chi connectivity index (χ2v) is 10.3. The van der Waals surface area contributed by atoms with Crippen LogP contribution in [0.1, 0.15) is 47.9 Å².